The molecule has 3 aliphatic rings. The van der Waals surface area contributed by atoms with Crippen LogP contribution in [0.4, 0.5) is 0 Å². The monoisotopic (exact) mass is 597 g/mol. The summed E-state index contributed by atoms with van der Waals surface area (Å²) in [5.41, 5.74) is 5.98. The summed E-state index contributed by atoms with van der Waals surface area (Å²) in [4.78, 5) is 24.3. The second kappa shape index (κ2) is 13.7. The van der Waals surface area contributed by atoms with E-state index < -0.39 is 0 Å². The van der Waals surface area contributed by atoms with Crippen molar-refractivity contribution in [3.8, 4) is 0 Å². The van der Waals surface area contributed by atoms with Crippen molar-refractivity contribution in [1.29, 1.82) is 0 Å². The van der Waals surface area contributed by atoms with Crippen molar-refractivity contribution in [2.75, 3.05) is 46.7 Å². The minimum atomic E-state index is 0.0588. The highest BCUT2D eigenvalue weighted by atomic mass is 35.5. The Hall–Kier alpha value is -1.24. The first-order valence-corrected chi connectivity index (χ1v) is 15.3. The Morgan fingerprint density at radius 2 is 1.24 bits per heavy atom. The Morgan fingerprint density at radius 1 is 0.838 bits per heavy atom. The van der Waals surface area contributed by atoms with Crippen LogP contribution in [-0.4, -0.2) is 95.2 Å². The minimum absolute atomic E-state index is 0.0588. The summed E-state index contributed by atoms with van der Waals surface area (Å²) < 4.78 is 1.72. The molecule has 11 heteroatoms. The lowest BCUT2D eigenvalue weighted by atomic mass is 10.1. The number of aromatic amines is 2. The number of Topliss-reactive ketones (excluding diaryl/α,β-unsaturated/α-hetero) is 1. The Kier molecular flexibility index (Phi) is 11.2. The lowest BCUT2D eigenvalue weighted by molar-refractivity contribution is -0.113. The topological polar surface area (TPSA) is 58.4 Å². The smallest absolute Gasteiger partial charge is 0.174 e. The highest BCUT2D eigenvalue weighted by Gasteiger charge is 2.24. The van der Waals surface area contributed by atoms with Crippen molar-refractivity contribution >= 4 is 75.6 Å². The maximum atomic E-state index is 11.1. The number of ketones is 1. The number of carbonyl (C=O) groups excluding carboxylic acids is 1. The molecule has 0 aromatic carbocycles. The first-order valence-electron chi connectivity index (χ1n) is 12.2. The van der Waals surface area contributed by atoms with E-state index in [1.54, 1.807) is 22.7 Å². The van der Waals surface area contributed by atoms with Crippen molar-refractivity contribution in [3.05, 3.63) is 53.9 Å². The molecule has 0 amide bonds. The second-order valence-corrected chi connectivity index (χ2v) is 12.9. The van der Waals surface area contributed by atoms with E-state index >= 15 is 0 Å². The van der Waals surface area contributed by atoms with E-state index in [-0.39, 0.29) is 17.7 Å². The molecule has 37 heavy (non-hydrogen) atoms. The Balaban J connectivity index is 0.000000155. The molecule has 6 nitrogen and oxygen atoms in total. The number of nitrogens with one attached hydrogen (secondary N) is 2. The molecular formula is C26H36ClN5OS4. The number of nitrogens with zero attached hydrogens (tertiary/aromatic N) is 3. The quantitative estimate of drug-likeness (QED) is 0.328. The van der Waals surface area contributed by atoms with Crippen molar-refractivity contribution in [2.45, 2.75) is 38.9 Å². The van der Waals surface area contributed by atoms with Gasteiger partial charge in [0.1, 0.15) is 0 Å². The molecule has 2 aromatic rings. The van der Waals surface area contributed by atoms with Crippen LogP contribution in [0.2, 0.25) is 0 Å². The molecule has 0 radical (unpaired) electrons. The number of halogens is 1. The summed E-state index contributed by atoms with van der Waals surface area (Å²) in [6.07, 6.45) is 6.48. The number of aromatic nitrogens is 2. The van der Waals surface area contributed by atoms with E-state index in [2.05, 4.69) is 75.5 Å². The average molecular weight is 598 g/mol. The standard InChI is InChI=1S/2C9H12N2S2.C8H12ClNO/c2*1-6-7(3-4-11(6)2)8-5-13-9(12)10-8;1-6-7(8(11)5-9)3-4-10(6)2/h2*3,5-6H,4H2,1-2H3,(H,10,12);3,6H,4-5H2,1-2H3/t3*6-/m111/s1. The minimum Gasteiger partial charge on any atom is -0.337 e. The zero-order valence-corrected chi connectivity index (χ0v) is 26.2. The van der Waals surface area contributed by atoms with E-state index in [1.165, 1.54) is 22.5 Å². The Morgan fingerprint density at radius 3 is 1.51 bits per heavy atom. The van der Waals surface area contributed by atoms with Crippen molar-refractivity contribution in [1.82, 2.24) is 24.7 Å². The van der Waals surface area contributed by atoms with Crippen molar-refractivity contribution in [3.63, 3.8) is 0 Å². The molecule has 2 aromatic heterocycles. The number of hydrogen-bond acceptors (Lipinski definition) is 8. The summed E-state index contributed by atoms with van der Waals surface area (Å²) >= 11 is 18.7. The van der Waals surface area contributed by atoms with Gasteiger partial charge in [-0.25, -0.2) is 0 Å². The number of carbonyl (C=O) groups is 1. The van der Waals surface area contributed by atoms with Crippen LogP contribution in [0.1, 0.15) is 32.2 Å². The molecule has 3 aliphatic heterocycles. The summed E-state index contributed by atoms with van der Waals surface area (Å²) in [6.45, 7) is 9.38. The molecule has 3 atom stereocenters. The number of alkyl halides is 1. The summed E-state index contributed by atoms with van der Waals surface area (Å²) in [6, 6.07) is 1.24. The summed E-state index contributed by atoms with van der Waals surface area (Å²) in [5, 5.41) is 4.20. The third-order valence-corrected chi connectivity index (χ3v) is 9.60. The van der Waals surface area contributed by atoms with E-state index in [0.29, 0.717) is 12.1 Å². The van der Waals surface area contributed by atoms with Crippen molar-refractivity contribution in [2.24, 2.45) is 0 Å². The van der Waals surface area contributed by atoms with Crippen LogP contribution in [0.5, 0.6) is 0 Å². The highest BCUT2D eigenvalue weighted by molar-refractivity contribution is 7.73. The molecule has 0 unspecified atom stereocenters. The molecule has 0 saturated heterocycles. The van der Waals surface area contributed by atoms with Crippen LogP contribution in [-0.2, 0) is 4.79 Å². The normalized spacial score (nSPS) is 24.1. The molecule has 202 valence electrons. The van der Waals surface area contributed by atoms with Crippen LogP contribution in [0.3, 0.4) is 0 Å². The van der Waals surface area contributed by atoms with Gasteiger partial charge in [-0.1, -0.05) is 18.2 Å². The summed E-state index contributed by atoms with van der Waals surface area (Å²) in [5.74, 6) is 0.160. The first kappa shape index (κ1) is 30.3. The van der Waals surface area contributed by atoms with Gasteiger partial charge in [-0.2, -0.15) is 0 Å². The maximum absolute atomic E-state index is 11.1. The third kappa shape index (κ3) is 7.67. The van der Waals surface area contributed by atoms with E-state index in [4.69, 9.17) is 36.0 Å². The third-order valence-electron chi connectivity index (χ3n) is 7.24. The van der Waals surface area contributed by atoms with Crippen LogP contribution in [0.15, 0.2) is 34.6 Å². The molecule has 5 rings (SSSR count). The lowest BCUT2D eigenvalue weighted by Crippen LogP contribution is -2.27. The molecular weight excluding hydrogens is 562 g/mol. The van der Waals surface area contributed by atoms with Gasteiger partial charge in [-0.3, -0.25) is 19.5 Å². The fourth-order valence-corrected chi connectivity index (χ4v) is 6.20. The van der Waals surface area contributed by atoms with Gasteiger partial charge in [0, 0.05) is 54.1 Å². The zero-order chi connectivity index (χ0) is 27.3. The van der Waals surface area contributed by atoms with E-state index in [1.807, 2.05) is 20.0 Å². The SMILES string of the molecule is C[C@@H]1C(C(=O)CCl)=CCN1C.C[C@@H]1C(c2csc(=S)[nH]2)=CCN1C.C[C@@H]1C(c2csc(=S)[nH]2)=CCN1C. The molecule has 0 fully saturated rings. The fourth-order valence-electron chi connectivity index (χ4n) is 4.36. The van der Waals surface area contributed by atoms with Gasteiger partial charge in [0.15, 0.2) is 13.7 Å². The van der Waals surface area contributed by atoms with E-state index in [9.17, 15) is 4.79 Å². The second-order valence-electron chi connectivity index (χ2n) is 9.51. The fraction of sp³-hybridized carbons (Fsp3) is 0.500. The van der Waals surface area contributed by atoms with Gasteiger partial charge in [0.05, 0.1) is 17.3 Å². The molecule has 0 saturated carbocycles. The predicted octanol–water partition coefficient (Wildman–Crippen LogP) is 6.10. The number of likely N-dealkylation sites (N-methyl/N-ethyl adjacent to an activating group) is 3. The van der Waals surface area contributed by atoms with Gasteiger partial charge in [0.25, 0.3) is 0 Å². The predicted molar refractivity (Wildman–Crippen MR) is 165 cm³/mol. The first-order chi connectivity index (χ1) is 17.5. The molecule has 0 bridgehead atoms. The van der Waals surface area contributed by atoms with E-state index in [0.717, 1.165) is 33.1 Å². The Bertz CT molecular complexity index is 1210. The summed E-state index contributed by atoms with van der Waals surface area (Å²) in [7, 11) is 6.26. The number of H-pyrrole nitrogens is 2. The number of rotatable bonds is 4. The number of hydrogen-bond donors (Lipinski definition) is 2. The van der Waals surface area contributed by atoms with Gasteiger partial charge in [-0.05, 0) is 77.5 Å². The molecule has 0 spiro atoms. The van der Waals surface area contributed by atoms with Gasteiger partial charge in [0.2, 0.25) is 0 Å². The van der Waals surface area contributed by atoms with Gasteiger partial charge >= 0.3 is 0 Å². The zero-order valence-electron chi connectivity index (χ0n) is 22.2. The van der Waals surface area contributed by atoms with Crippen molar-refractivity contribution < 1.29 is 4.79 Å². The average Bonchev–Trinajstić information content (AvgIpc) is 3.69. The van der Waals surface area contributed by atoms with Gasteiger partial charge in [-0.15, -0.1) is 34.3 Å². The van der Waals surface area contributed by atoms with Gasteiger partial charge < -0.3 is 9.97 Å². The molecule has 0 aliphatic carbocycles. The van der Waals surface area contributed by atoms with Crippen LogP contribution in [0.25, 0.3) is 11.1 Å². The highest BCUT2D eigenvalue weighted by Crippen LogP contribution is 2.27. The van der Waals surface area contributed by atoms with Crippen LogP contribution < -0.4 is 0 Å². The Labute approximate surface area is 243 Å². The van der Waals surface area contributed by atoms with Crippen LogP contribution in [0, 0.1) is 7.91 Å². The largest absolute Gasteiger partial charge is 0.337 e. The molecule has 5 heterocycles. The lowest BCUT2D eigenvalue weighted by Gasteiger charge is -2.17. The maximum Gasteiger partial charge on any atom is 0.174 e. The van der Waals surface area contributed by atoms with Crippen LogP contribution >= 0.6 is 58.7 Å². The number of thiazole rings is 2. The molecule has 2 N–H and O–H groups in total.